The standard InChI is InChI=1S/C8H19N4O3P/c1-2-8(9)12-6-5-10-3-4-11-7-16(13,14)15/h2,10-11H,1,3-7H2,(H2,9,12)(H2,13,14,15). The van der Waals surface area contributed by atoms with E-state index in [1.165, 1.54) is 6.08 Å². The van der Waals surface area contributed by atoms with E-state index in [1.807, 2.05) is 0 Å². The first-order valence-electron chi connectivity index (χ1n) is 4.84. The van der Waals surface area contributed by atoms with Gasteiger partial charge in [-0.1, -0.05) is 6.58 Å². The summed E-state index contributed by atoms with van der Waals surface area (Å²) in [6.07, 6.45) is 1.18. The van der Waals surface area contributed by atoms with Crippen LogP contribution in [0.3, 0.4) is 0 Å². The van der Waals surface area contributed by atoms with E-state index in [1.54, 1.807) is 0 Å². The van der Waals surface area contributed by atoms with Crippen LogP contribution < -0.4 is 16.4 Å². The van der Waals surface area contributed by atoms with Gasteiger partial charge in [-0.25, -0.2) is 0 Å². The fourth-order valence-corrected chi connectivity index (χ4v) is 1.30. The maximum atomic E-state index is 10.4. The van der Waals surface area contributed by atoms with E-state index < -0.39 is 7.60 Å². The molecule has 0 rings (SSSR count). The smallest absolute Gasteiger partial charge is 0.339 e. The van der Waals surface area contributed by atoms with Crippen LogP contribution in [0.5, 0.6) is 0 Å². The molecule has 16 heavy (non-hydrogen) atoms. The van der Waals surface area contributed by atoms with Gasteiger partial charge in [-0.15, -0.1) is 0 Å². The molecule has 0 aliphatic rings. The third-order valence-corrected chi connectivity index (χ3v) is 2.22. The Hall–Kier alpha value is -0.720. The molecule has 0 amide bonds. The van der Waals surface area contributed by atoms with E-state index >= 15 is 0 Å². The van der Waals surface area contributed by atoms with Crippen LogP contribution in [0.15, 0.2) is 17.6 Å². The van der Waals surface area contributed by atoms with Gasteiger partial charge in [0.15, 0.2) is 0 Å². The van der Waals surface area contributed by atoms with Gasteiger partial charge in [0.2, 0.25) is 0 Å². The Morgan fingerprint density at radius 1 is 1.38 bits per heavy atom. The van der Waals surface area contributed by atoms with Crippen LogP contribution in [0, 0.1) is 0 Å². The van der Waals surface area contributed by atoms with Crippen LogP contribution in [-0.4, -0.2) is 48.1 Å². The monoisotopic (exact) mass is 250 g/mol. The Kier molecular flexibility index (Phi) is 8.05. The highest BCUT2D eigenvalue weighted by atomic mass is 31.2. The second-order valence-electron chi connectivity index (χ2n) is 3.08. The molecule has 0 atom stereocenters. The number of rotatable bonds is 9. The van der Waals surface area contributed by atoms with Crippen molar-refractivity contribution in [2.45, 2.75) is 0 Å². The first-order chi connectivity index (χ1) is 7.45. The molecule has 0 saturated heterocycles. The molecule has 0 saturated carbocycles. The lowest BCUT2D eigenvalue weighted by molar-refractivity contribution is 0.368. The summed E-state index contributed by atoms with van der Waals surface area (Å²) in [5.41, 5.74) is 5.39. The van der Waals surface area contributed by atoms with Crippen LogP contribution in [0.4, 0.5) is 0 Å². The zero-order valence-corrected chi connectivity index (χ0v) is 9.99. The molecule has 7 nitrogen and oxygen atoms in total. The summed E-state index contributed by atoms with van der Waals surface area (Å²) in [5, 5.41) is 5.67. The number of hydrogen-bond acceptors (Lipinski definition) is 4. The molecular weight excluding hydrogens is 231 g/mol. The number of nitrogens with one attached hydrogen (secondary N) is 2. The highest BCUT2D eigenvalue weighted by Crippen LogP contribution is 2.31. The van der Waals surface area contributed by atoms with E-state index in [-0.39, 0.29) is 6.29 Å². The summed E-state index contributed by atoms with van der Waals surface area (Å²) in [6.45, 7) is 5.78. The third-order valence-electron chi connectivity index (χ3n) is 1.59. The van der Waals surface area contributed by atoms with Gasteiger partial charge in [0.1, 0.15) is 5.84 Å². The maximum absolute atomic E-state index is 10.4. The van der Waals surface area contributed by atoms with Crippen LogP contribution in [0.25, 0.3) is 0 Å². The fraction of sp³-hybridized carbons (Fsp3) is 0.625. The molecule has 0 aliphatic carbocycles. The Bertz CT molecular complexity index is 276. The van der Waals surface area contributed by atoms with E-state index in [2.05, 4.69) is 22.2 Å². The van der Waals surface area contributed by atoms with Crippen molar-refractivity contribution in [1.29, 1.82) is 0 Å². The SMILES string of the molecule is C=CC(N)=NCCNCCNCP(=O)(O)O. The average molecular weight is 250 g/mol. The highest BCUT2D eigenvalue weighted by Gasteiger charge is 2.10. The lowest BCUT2D eigenvalue weighted by Crippen LogP contribution is -2.29. The molecule has 0 aromatic heterocycles. The van der Waals surface area contributed by atoms with Crippen molar-refractivity contribution < 1.29 is 14.4 Å². The Labute approximate surface area is 95.0 Å². The highest BCUT2D eigenvalue weighted by molar-refractivity contribution is 7.51. The predicted molar refractivity (Wildman–Crippen MR) is 64.5 cm³/mol. The van der Waals surface area contributed by atoms with E-state index in [9.17, 15) is 4.57 Å². The minimum atomic E-state index is -3.93. The Morgan fingerprint density at radius 3 is 2.56 bits per heavy atom. The number of aliphatic imine (C=N–C) groups is 1. The maximum Gasteiger partial charge on any atom is 0.339 e. The molecule has 0 bridgehead atoms. The molecule has 0 radical (unpaired) electrons. The van der Waals surface area contributed by atoms with Crippen LogP contribution in [0.2, 0.25) is 0 Å². The molecule has 8 heteroatoms. The van der Waals surface area contributed by atoms with Crippen molar-refractivity contribution in [2.24, 2.45) is 10.7 Å². The summed E-state index contributed by atoms with van der Waals surface area (Å²) in [5.74, 6) is 0.404. The molecule has 0 aliphatic heterocycles. The predicted octanol–water partition coefficient (Wildman–Crippen LogP) is -1.16. The quantitative estimate of drug-likeness (QED) is 0.152. The van der Waals surface area contributed by atoms with E-state index in [0.717, 1.165) is 0 Å². The minimum Gasteiger partial charge on any atom is -0.384 e. The van der Waals surface area contributed by atoms with Gasteiger partial charge in [-0.2, -0.15) is 0 Å². The second-order valence-corrected chi connectivity index (χ2v) is 4.73. The molecule has 0 heterocycles. The van der Waals surface area contributed by atoms with Crippen molar-refractivity contribution in [3.05, 3.63) is 12.7 Å². The number of hydrogen-bond donors (Lipinski definition) is 5. The molecule has 0 aromatic rings. The lowest BCUT2D eigenvalue weighted by atomic mass is 10.5. The number of nitrogens with two attached hydrogens (primary N) is 1. The summed E-state index contributed by atoms with van der Waals surface area (Å²) in [7, 11) is -3.93. The largest absolute Gasteiger partial charge is 0.384 e. The molecule has 6 N–H and O–H groups in total. The number of nitrogens with zero attached hydrogens (tertiary/aromatic N) is 1. The van der Waals surface area contributed by atoms with Crippen LogP contribution >= 0.6 is 7.60 Å². The first kappa shape index (κ1) is 15.3. The molecule has 94 valence electrons. The lowest BCUT2D eigenvalue weighted by Gasteiger charge is -2.06. The summed E-state index contributed by atoms with van der Waals surface area (Å²) >= 11 is 0. The average Bonchev–Trinajstić information content (AvgIpc) is 2.20. The van der Waals surface area contributed by atoms with Gasteiger partial charge in [0.05, 0.1) is 12.8 Å². The van der Waals surface area contributed by atoms with E-state index in [0.29, 0.717) is 32.0 Å². The van der Waals surface area contributed by atoms with Crippen LogP contribution in [0.1, 0.15) is 0 Å². The number of amidine groups is 1. The molecule has 0 unspecified atom stereocenters. The molecule has 0 aromatic carbocycles. The second kappa shape index (κ2) is 8.43. The Balaban J connectivity index is 3.29. The van der Waals surface area contributed by atoms with Gasteiger partial charge in [-0.05, 0) is 6.08 Å². The normalized spacial score (nSPS) is 12.8. The van der Waals surface area contributed by atoms with Gasteiger partial charge in [0.25, 0.3) is 0 Å². The first-order valence-corrected chi connectivity index (χ1v) is 6.64. The van der Waals surface area contributed by atoms with Crippen molar-refractivity contribution in [2.75, 3.05) is 32.5 Å². The summed E-state index contributed by atoms with van der Waals surface area (Å²) < 4.78 is 10.4. The van der Waals surface area contributed by atoms with Crippen molar-refractivity contribution in [1.82, 2.24) is 10.6 Å². The molecule has 0 spiro atoms. The van der Waals surface area contributed by atoms with E-state index in [4.69, 9.17) is 15.5 Å². The zero-order chi connectivity index (χ0) is 12.4. The summed E-state index contributed by atoms with van der Waals surface area (Å²) in [4.78, 5) is 21.0. The molecule has 0 fully saturated rings. The third kappa shape index (κ3) is 11.4. The summed E-state index contributed by atoms with van der Waals surface area (Å²) in [6, 6.07) is 0. The van der Waals surface area contributed by atoms with Gasteiger partial charge >= 0.3 is 7.60 Å². The van der Waals surface area contributed by atoms with Gasteiger partial charge in [-0.3, -0.25) is 9.56 Å². The Morgan fingerprint density at radius 2 is 2.00 bits per heavy atom. The fourth-order valence-electron chi connectivity index (χ4n) is 0.855. The van der Waals surface area contributed by atoms with Crippen molar-refractivity contribution in [3.63, 3.8) is 0 Å². The minimum absolute atomic E-state index is 0.295. The van der Waals surface area contributed by atoms with Crippen LogP contribution in [-0.2, 0) is 4.57 Å². The van der Waals surface area contributed by atoms with Crippen molar-refractivity contribution in [3.8, 4) is 0 Å². The van der Waals surface area contributed by atoms with Crippen molar-refractivity contribution >= 4 is 13.4 Å². The molecular formula is C8H19N4O3P. The van der Waals surface area contributed by atoms with Gasteiger partial charge < -0.3 is 26.2 Å². The van der Waals surface area contributed by atoms with Gasteiger partial charge in [0, 0.05) is 19.6 Å². The topological polar surface area (TPSA) is 120 Å². The zero-order valence-electron chi connectivity index (χ0n) is 9.09.